The monoisotopic (exact) mass is 642 g/mol. The fourth-order valence-corrected chi connectivity index (χ4v) is 4.20. The van der Waals surface area contributed by atoms with Gasteiger partial charge in [-0.1, -0.05) is 0 Å². The summed E-state index contributed by atoms with van der Waals surface area (Å²) in [6, 6.07) is 5.36. The molecule has 0 saturated carbocycles. The first-order valence-corrected chi connectivity index (χ1v) is 11.7. The van der Waals surface area contributed by atoms with E-state index in [2.05, 4.69) is 21.0 Å². The summed E-state index contributed by atoms with van der Waals surface area (Å²) in [5.41, 5.74) is -3.03. The molecule has 1 aliphatic heterocycles. The van der Waals surface area contributed by atoms with E-state index in [1.165, 1.54) is 32.2 Å². The average molecular weight is 643 g/mol. The van der Waals surface area contributed by atoms with E-state index >= 15 is 0 Å². The van der Waals surface area contributed by atoms with Gasteiger partial charge in [-0.05, 0) is 52.7 Å². The summed E-state index contributed by atoms with van der Waals surface area (Å²) >= 11 is 3.21. The summed E-state index contributed by atoms with van der Waals surface area (Å²) < 4.78 is 80.5. The smallest absolute Gasteiger partial charge is 0.318 e. The number of carbonyl (C=O) groups is 1. The van der Waals surface area contributed by atoms with Crippen molar-refractivity contribution in [2.45, 2.75) is 6.92 Å². The molecule has 0 fully saturated rings. The van der Waals surface area contributed by atoms with Gasteiger partial charge < -0.3 is 9.47 Å². The van der Waals surface area contributed by atoms with Crippen LogP contribution in [0.25, 0.3) is 6.08 Å². The quantitative estimate of drug-likeness (QED) is 0.0710. The van der Waals surface area contributed by atoms with Gasteiger partial charge in [-0.15, -0.1) is 0 Å². The van der Waals surface area contributed by atoms with Crippen LogP contribution in [0.5, 0.6) is 17.2 Å². The molecule has 3 aromatic rings. The van der Waals surface area contributed by atoms with Crippen LogP contribution in [0.3, 0.4) is 0 Å². The van der Waals surface area contributed by atoms with Gasteiger partial charge in [-0.2, -0.15) is 10.1 Å². The SMILES string of the molecule is COc1cc(/C=C2/C(=O)N(c3c(F)c(F)c(F)c(F)c3F)N=C2C)cc(Br)c1Oc1ccc([N+](=O)[O-])cc1[N+](=O)[O-]. The zero-order valence-corrected chi connectivity index (χ0v) is 22.0. The summed E-state index contributed by atoms with van der Waals surface area (Å²) in [5, 5.41) is 26.2. The molecular formula is C24H12BrF5N4O7. The van der Waals surface area contributed by atoms with Crippen LogP contribution < -0.4 is 14.5 Å². The third-order valence-corrected chi connectivity index (χ3v) is 6.17. The number of anilines is 1. The van der Waals surface area contributed by atoms with Crippen molar-refractivity contribution in [2.24, 2.45) is 5.10 Å². The van der Waals surface area contributed by atoms with Crippen LogP contribution in [0.1, 0.15) is 12.5 Å². The van der Waals surface area contributed by atoms with Gasteiger partial charge in [-0.3, -0.25) is 25.0 Å². The lowest BCUT2D eigenvalue weighted by molar-refractivity contribution is -0.394. The second-order valence-electron chi connectivity index (χ2n) is 8.08. The minimum atomic E-state index is -2.40. The maximum absolute atomic E-state index is 14.3. The largest absolute Gasteiger partial charge is 0.493 e. The van der Waals surface area contributed by atoms with Crippen LogP contribution in [-0.2, 0) is 4.79 Å². The molecule has 0 radical (unpaired) electrons. The number of methoxy groups -OCH3 is 1. The third kappa shape index (κ3) is 5.18. The molecule has 0 bridgehead atoms. The fourth-order valence-electron chi connectivity index (χ4n) is 3.66. The molecule has 0 aliphatic carbocycles. The van der Waals surface area contributed by atoms with Crippen molar-refractivity contribution in [3.8, 4) is 17.2 Å². The van der Waals surface area contributed by atoms with Crippen LogP contribution in [0.15, 0.2) is 45.5 Å². The predicted octanol–water partition coefficient (Wildman–Crippen LogP) is 6.57. The molecule has 11 nitrogen and oxygen atoms in total. The number of non-ortho nitro benzene ring substituents is 1. The molecule has 41 heavy (non-hydrogen) atoms. The van der Waals surface area contributed by atoms with Gasteiger partial charge in [-0.25, -0.2) is 22.0 Å². The Morgan fingerprint density at radius 1 is 0.927 bits per heavy atom. The van der Waals surface area contributed by atoms with E-state index in [9.17, 15) is 47.0 Å². The van der Waals surface area contributed by atoms with Gasteiger partial charge in [0.25, 0.3) is 11.6 Å². The second-order valence-corrected chi connectivity index (χ2v) is 8.94. The van der Waals surface area contributed by atoms with Crippen molar-refractivity contribution in [2.75, 3.05) is 12.1 Å². The maximum Gasteiger partial charge on any atom is 0.318 e. The van der Waals surface area contributed by atoms with Crippen molar-refractivity contribution in [3.05, 3.63) is 95.3 Å². The molecular weight excluding hydrogens is 631 g/mol. The number of ether oxygens (including phenoxy) is 2. The molecule has 1 amide bonds. The maximum atomic E-state index is 14.3. The Labute approximate surface area is 233 Å². The standard InChI is InChI=1S/C24H12BrF5N4O7/c1-9-12(24(35)32(31-9)22-20(29)18(27)17(26)19(28)21(22)30)5-10-6-13(25)23(16(7-10)40-2)41-15-4-3-11(33(36)37)8-14(15)34(38)39/h3-8H,1-2H3/b12-5+. The first-order valence-electron chi connectivity index (χ1n) is 10.9. The van der Waals surface area contributed by atoms with Crippen LogP contribution >= 0.6 is 15.9 Å². The Morgan fingerprint density at radius 3 is 2.10 bits per heavy atom. The number of rotatable bonds is 7. The number of nitro benzene ring substituents is 2. The van der Waals surface area contributed by atoms with Crippen molar-refractivity contribution in [1.82, 2.24) is 0 Å². The predicted molar refractivity (Wildman–Crippen MR) is 135 cm³/mol. The van der Waals surface area contributed by atoms with E-state index in [1.807, 2.05) is 0 Å². The minimum Gasteiger partial charge on any atom is -0.493 e. The van der Waals surface area contributed by atoms with Gasteiger partial charge in [0.2, 0.25) is 11.6 Å². The lowest BCUT2D eigenvalue weighted by atomic mass is 10.1. The number of halogens is 6. The molecule has 0 aromatic heterocycles. The lowest BCUT2D eigenvalue weighted by Crippen LogP contribution is -2.25. The minimum absolute atomic E-state index is 0.0458. The fraction of sp³-hybridized carbons (Fsp3) is 0.0833. The number of carbonyl (C=O) groups excluding carboxylic acids is 1. The first kappa shape index (κ1) is 29.1. The summed E-state index contributed by atoms with van der Waals surface area (Å²) in [7, 11) is 1.22. The third-order valence-electron chi connectivity index (χ3n) is 5.59. The lowest BCUT2D eigenvalue weighted by Gasteiger charge is -2.15. The van der Waals surface area contributed by atoms with Crippen molar-refractivity contribution in [3.63, 3.8) is 0 Å². The van der Waals surface area contributed by atoms with Crippen molar-refractivity contribution >= 4 is 50.7 Å². The Kier molecular flexibility index (Phi) is 7.74. The summed E-state index contributed by atoms with van der Waals surface area (Å²) in [4.78, 5) is 33.7. The highest BCUT2D eigenvalue weighted by Crippen LogP contribution is 2.43. The highest BCUT2D eigenvalue weighted by atomic mass is 79.9. The van der Waals surface area contributed by atoms with E-state index < -0.39 is 61.9 Å². The number of nitrogens with zero attached hydrogens (tertiary/aromatic N) is 4. The van der Waals surface area contributed by atoms with E-state index in [0.717, 1.165) is 12.1 Å². The Hall–Kier alpha value is -4.93. The van der Waals surface area contributed by atoms with E-state index in [0.29, 0.717) is 6.07 Å². The highest BCUT2D eigenvalue weighted by molar-refractivity contribution is 9.10. The number of amides is 1. The highest BCUT2D eigenvalue weighted by Gasteiger charge is 2.37. The number of nitro groups is 2. The Morgan fingerprint density at radius 2 is 1.54 bits per heavy atom. The van der Waals surface area contributed by atoms with Crippen molar-refractivity contribution in [1.29, 1.82) is 0 Å². The average Bonchev–Trinajstić information content (AvgIpc) is 3.20. The molecule has 0 spiro atoms. The van der Waals surface area contributed by atoms with Crippen LogP contribution in [-0.4, -0.2) is 28.6 Å². The van der Waals surface area contributed by atoms with Gasteiger partial charge in [0.05, 0.1) is 38.8 Å². The normalized spacial score (nSPS) is 14.0. The van der Waals surface area contributed by atoms with Gasteiger partial charge in [0, 0.05) is 6.07 Å². The van der Waals surface area contributed by atoms with Crippen LogP contribution in [0.4, 0.5) is 39.0 Å². The molecule has 0 saturated heterocycles. The molecule has 0 unspecified atom stereocenters. The number of hydrogen-bond acceptors (Lipinski definition) is 8. The zero-order valence-electron chi connectivity index (χ0n) is 20.4. The summed E-state index contributed by atoms with van der Waals surface area (Å²) in [6.45, 7) is 1.26. The Bertz CT molecular complexity index is 1700. The van der Waals surface area contributed by atoms with Gasteiger partial charge >= 0.3 is 5.69 Å². The van der Waals surface area contributed by atoms with E-state index in [4.69, 9.17) is 9.47 Å². The number of benzene rings is 3. The first-order chi connectivity index (χ1) is 19.3. The number of hydrazone groups is 1. The summed E-state index contributed by atoms with van der Waals surface area (Å²) in [5.74, 6) is -13.1. The van der Waals surface area contributed by atoms with Crippen LogP contribution in [0.2, 0.25) is 0 Å². The molecule has 4 rings (SSSR count). The topological polar surface area (TPSA) is 137 Å². The molecule has 0 N–H and O–H groups in total. The molecule has 3 aromatic carbocycles. The zero-order chi connectivity index (χ0) is 30.3. The molecule has 17 heteroatoms. The van der Waals surface area contributed by atoms with Gasteiger partial charge in [0.1, 0.15) is 5.69 Å². The molecule has 1 aliphatic rings. The number of hydrogen-bond donors (Lipinski definition) is 0. The Balaban J connectivity index is 1.73. The van der Waals surface area contributed by atoms with E-state index in [1.54, 1.807) is 0 Å². The molecule has 0 atom stereocenters. The van der Waals surface area contributed by atoms with Crippen molar-refractivity contribution < 1.29 is 46.1 Å². The van der Waals surface area contributed by atoms with Gasteiger partial charge in [0.15, 0.2) is 34.8 Å². The summed E-state index contributed by atoms with van der Waals surface area (Å²) in [6.07, 6.45) is 1.18. The molecule has 1 heterocycles. The van der Waals surface area contributed by atoms with E-state index in [-0.39, 0.29) is 43.6 Å². The second kappa shape index (κ2) is 10.9. The van der Waals surface area contributed by atoms with Crippen LogP contribution in [0, 0.1) is 49.3 Å². The molecule has 212 valence electrons.